The quantitative estimate of drug-likeness (QED) is 0.757. The Bertz CT molecular complexity index is 1040. The molecule has 0 aromatic carbocycles. The highest BCUT2D eigenvalue weighted by atomic mass is 19.4. The van der Waals surface area contributed by atoms with Gasteiger partial charge in [0.1, 0.15) is 5.82 Å². The van der Waals surface area contributed by atoms with E-state index >= 15 is 0 Å². The summed E-state index contributed by atoms with van der Waals surface area (Å²) in [5.74, 6) is -0.544. The van der Waals surface area contributed by atoms with Crippen molar-refractivity contribution in [2.24, 2.45) is 0 Å². The molecule has 3 N–H and O–H groups in total. The standard InChI is InChI=1S/C21H25F3N6O/c1-19(3-2-4-19)27-18(31)29-7-5-20(12-29)6-8-30-16(20)10-15(28-30)13-9-14(21(22,23)24)17(25)26-11-13/h9-11H,2-8,12H2,1H3,(H2,25,26)(H,27,31)/t20-/m1/s1. The molecule has 2 aliphatic heterocycles. The summed E-state index contributed by atoms with van der Waals surface area (Å²) >= 11 is 0. The normalized spacial score (nSPS) is 24.3. The van der Waals surface area contributed by atoms with Gasteiger partial charge in [-0.3, -0.25) is 4.68 Å². The van der Waals surface area contributed by atoms with Crippen LogP contribution < -0.4 is 11.1 Å². The fourth-order valence-corrected chi connectivity index (χ4v) is 5.07. The van der Waals surface area contributed by atoms with E-state index in [1.165, 1.54) is 6.20 Å². The molecule has 2 amide bonds. The lowest BCUT2D eigenvalue weighted by molar-refractivity contribution is -0.137. The first kappa shape index (κ1) is 20.1. The van der Waals surface area contributed by atoms with Gasteiger partial charge in [-0.05, 0) is 51.2 Å². The van der Waals surface area contributed by atoms with Gasteiger partial charge in [0, 0.05) is 48.0 Å². The Morgan fingerprint density at radius 2 is 1.94 bits per heavy atom. The number of aromatic nitrogens is 3. The van der Waals surface area contributed by atoms with Gasteiger partial charge in [0.25, 0.3) is 0 Å². The number of carbonyl (C=O) groups is 1. The average molecular weight is 434 g/mol. The largest absolute Gasteiger partial charge is 0.419 e. The number of hydrogen-bond donors (Lipinski definition) is 2. The number of hydrogen-bond acceptors (Lipinski definition) is 4. The zero-order valence-corrected chi connectivity index (χ0v) is 17.3. The summed E-state index contributed by atoms with van der Waals surface area (Å²) < 4.78 is 41.5. The first-order valence-electron chi connectivity index (χ1n) is 10.6. The molecule has 1 spiro atoms. The van der Waals surface area contributed by atoms with Gasteiger partial charge in [0.15, 0.2) is 0 Å². The van der Waals surface area contributed by atoms with Crippen molar-refractivity contribution in [1.29, 1.82) is 0 Å². The highest BCUT2D eigenvalue weighted by Crippen LogP contribution is 2.44. The molecule has 10 heteroatoms. The van der Waals surface area contributed by atoms with E-state index in [1.54, 1.807) is 0 Å². The molecule has 5 rings (SSSR count). The summed E-state index contributed by atoms with van der Waals surface area (Å²) in [5.41, 5.74) is 5.85. The van der Waals surface area contributed by atoms with Crippen molar-refractivity contribution in [3.63, 3.8) is 0 Å². The van der Waals surface area contributed by atoms with Crippen molar-refractivity contribution >= 4 is 11.8 Å². The van der Waals surface area contributed by atoms with Crippen LogP contribution in [0.15, 0.2) is 18.3 Å². The van der Waals surface area contributed by atoms with Crippen LogP contribution >= 0.6 is 0 Å². The van der Waals surface area contributed by atoms with E-state index in [-0.39, 0.29) is 22.5 Å². The number of urea groups is 1. The second kappa shape index (κ2) is 6.61. The Morgan fingerprint density at radius 1 is 1.19 bits per heavy atom. The van der Waals surface area contributed by atoms with Gasteiger partial charge >= 0.3 is 12.2 Å². The number of aryl methyl sites for hydroxylation is 1. The third-order valence-corrected chi connectivity index (χ3v) is 7.15. The number of alkyl halides is 3. The number of nitrogen functional groups attached to an aromatic ring is 1. The smallest absolute Gasteiger partial charge is 0.383 e. The van der Waals surface area contributed by atoms with Gasteiger partial charge < -0.3 is 16.0 Å². The van der Waals surface area contributed by atoms with E-state index in [2.05, 4.69) is 22.3 Å². The zero-order chi connectivity index (χ0) is 22.0. The maximum atomic E-state index is 13.2. The number of nitrogens with zero attached hydrogens (tertiary/aromatic N) is 4. The fourth-order valence-electron chi connectivity index (χ4n) is 5.07. The summed E-state index contributed by atoms with van der Waals surface area (Å²) in [5, 5.41) is 7.69. The first-order chi connectivity index (χ1) is 14.6. The number of anilines is 1. The molecule has 31 heavy (non-hydrogen) atoms. The van der Waals surface area contributed by atoms with Crippen molar-refractivity contribution < 1.29 is 18.0 Å². The lowest BCUT2D eigenvalue weighted by Gasteiger charge is -2.40. The van der Waals surface area contributed by atoms with Gasteiger partial charge in [0.2, 0.25) is 0 Å². The Labute approximate surface area is 177 Å². The molecular weight excluding hydrogens is 409 g/mol. The Kier molecular flexibility index (Phi) is 4.29. The van der Waals surface area contributed by atoms with Crippen molar-refractivity contribution in [3.8, 4) is 11.3 Å². The summed E-state index contributed by atoms with van der Waals surface area (Å²) in [6.45, 7) is 4.00. The summed E-state index contributed by atoms with van der Waals surface area (Å²) in [4.78, 5) is 18.3. The van der Waals surface area contributed by atoms with Crippen LogP contribution in [0.25, 0.3) is 11.3 Å². The number of carbonyl (C=O) groups excluding carboxylic acids is 1. The van der Waals surface area contributed by atoms with E-state index in [4.69, 9.17) is 5.73 Å². The Hall–Kier alpha value is -2.78. The SMILES string of the molecule is CC1(NC(=O)N2CC[C@@]3(CCn4nc(-c5cnc(N)c(C(F)(F)F)c5)cc43)C2)CCC1. The molecule has 4 heterocycles. The van der Waals surface area contributed by atoms with Crippen LogP contribution in [0.1, 0.15) is 50.3 Å². The van der Waals surface area contributed by atoms with Gasteiger partial charge in [-0.1, -0.05) is 0 Å². The zero-order valence-electron chi connectivity index (χ0n) is 17.3. The van der Waals surface area contributed by atoms with Crippen molar-refractivity contribution in [2.45, 2.75) is 62.7 Å². The van der Waals surface area contributed by atoms with Gasteiger partial charge in [-0.15, -0.1) is 0 Å². The molecule has 3 aliphatic rings. The molecule has 2 aromatic rings. The summed E-state index contributed by atoms with van der Waals surface area (Å²) in [7, 11) is 0. The average Bonchev–Trinajstić information content (AvgIpc) is 3.37. The molecule has 1 aliphatic carbocycles. The van der Waals surface area contributed by atoms with E-state index in [9.17, 15) is 18.0 Å². The highest BCUT2D eigenvalue weighted by Gasteiger charge is 2.48. The first-order valence-corrected chi connectivity index (χ1v) is 10.6. The topological polar surface area (TPSA) is 89.1 Å². The molecule has 2 fully saturated rings. The monoisotopic (exact) mass is 434 g/mol. The molecular formula is C21H25F3N6O. The fraction of sp³-hybridized carbons (Fsp3) is 0.571. The number of nitrogens with two attached hydrogens (primary N) is 1. The molecule has 2 aromatic heterocycles. The minimum atomic E-state index is -4.58. The molecule has 1 saturated heterocycles. The predicted molar refractivity (Wildman–Crippen MR) is 108 cm³/mol. The molecule has 0 radical (unpaired) electrons. The third-order valence-electron chi connectivity index (χ3n) is 7.15. The summed E-state index contributed by atoms with van der Waals surface area (Å²) in [6, 6.07) is 2.81. The second-order valence-corrected chi connectivity index (χ2v) is 9.34. The van der Waals surface area contributed by atoms with Gasteiger partial charge in [0.05, 0.1) is 11.3 Å². The van der Waals surface area contributed by atoms with E-state index in [0.29, 0.717) is 25.3 Å². The number of amides is 2. The van der Waals surface area contributed by atoms with E-state index in [0.717, 1.165) is 43.9 Å². The number of rotatable bonds is 2. The lowest BCUT2D eigenvalue weighted by atomic mass is 9.79. The second-order valence-electron chi connectivity index (χ2n) is 9.34. The predicted octanol–water partition coefficient (Wildman–Crippen LogP) is 3.55. The van der Waals surface area contributed by atoms with Crippen LogP contribution in [-0.2, 0) is 18.1 Å². The van der Waals surface area contributed by atoms with Crippen LogP contribution in [0, 0.1) is 0 Å². The number of pyridine rings is 1. The maximum absolute atomic E-state index is 13.2. The number of fused-ring (bicyclic) bond motifs is 2. The molecule has 166 valence electrons. The number of likely N-dealkylation sites (tertiary alicyclic amines) is 1. The van der Waals surface area contributed by atoms with Crippen molar-refractivity contribution in [1.82, 2.24) is 25.0 Å². The van der Waals surface area contributed by atoms with Crippen LogP contribution in [0.4, 0.5) is 23.8 Å². The Morgan fingerprint density at radius 3 is 2.61 bits per heavy atom. The minimum absolute atomic E-state index is 0.0326. The molecule has 0 bridgehead atoms. The third kappa shape index (κ3) is 3.32. The van der Waals surface area contributed by atoms with Crippen molar-refractivity contribution in [2.75, 3.05) is 18.8 Å². The molecule has 0 unspecified atom stereocenters. The minimum Gasteiger partial charge on any atom is -0.383 e. The van der Waals surface area contributed by atoms with Crippen LogP contribution in [-0.4, -0.2) is 44.3 Å². The van der Waals surface area contributed by atoms with Crippen LogP contribution in [0.3, 0.4) is 0 Å². The Balaban J connectivity index is 1.38. The summed E-state index contributed by atoms with van der Waals surface area (Å²) in [6.07, 6.45) is 1.57. The molecule has 1 saturated carbocycles. The number of halogens is 3. The van der Waals surface area contributed by atoms with Gasteiger partial charge in [-0.2, -0.15) is 18.3 Å². The molecule has 1 atom stereocenters. The van der Waals surface area contributed by atoms with E-state index in [1.807, 2.05) is 15.6 Å². The van der Waals surface area contributed by atoms with Crippen LogP contribution in [0.5, 0.6) is 0 Å². The highest BCUT2D eigenvalue weighted by molar-refractivity contribution is 5.76. The van der Waals surface area contributed by atoms with Crippen molar-refractivity contribution in [3.05, 3.63) is 29.6 Å². The van der Waals surface area contributed by atoms with Crippen LogP contribution in [0.2, 0.25) is 0 Å². The maximum Gasteiger partial charge on any atom is 0.419 e. The van der Waals surface area contributed by atoms with Gasteiger partial charge in [-0.25, -0.2) is 9.78 Å². The molecule has 7 nitrogen and oxygen atoms in total. The van der Waals surface area contributed by atoms with E-state index < -0.39 is 17.6 Å². The lowest BCUT2D eigenvalue weighted by Crippen LogP contribution is -2.55. The number of nitrogens with one attached hydrogen (secondary N) is 1.